The zero-order valence-electron chi connectivity index (χ0n) is 16.3. The van der Waals surface area contributed by atoms with Crippen molar-refractivity contribution in [2.24, 2.45) is 0 Å². The maximum Gasteiger partial charge on any atom is 0.416 e. The largest absolute Gasteiger partial charge is 0.416 e. The van der Waals surface area contributed by atoms with Gasteiger partial charge in [-0.2, -0.15) is 47.7 Å². The second-order valence-corrected chi connectivity index (χ2v) is 9.85. The molecule has 12 heteroatoms. The van der Waals surface area contributed by atoms with Gasteiger partial charge in [-0.05, 0) is 42.4 Å². The lowest BCUT2D eigenvalue weighted by molar-refractivity contribution is -0.141. The molecule has 0 spiro atoms. The lowest BCUT2D eigenvalue weighted by atomic mass is 10.0. The number of nitriles is 1. The first-order chi connectivity index (χ1) is 13.8. The third kappa shape index (κ3) is 7.67. The Morgan fingerprint density at radius 2 is 1.77 bits per heavy atom. The van der Waals surface area contributed by atoms with Crippen molar-refractivity contribution >= 4 is 21.8 Å². The predicted molar refractivity (Wildman–Crippen MR) is 103 cm³/mol. The SMILES string of the molecule is CCCSC(CC)CN(CC#N)S(=O)(=O)Cc1cc(C(F)(F)F)ccc1C(F)(F)F. The number of hydrogen-bond acceptors (Lipinski definition) is 4. The summed E-state index contributed by atoms with van der Waals surface area (Å²) in [6, 6.07) is 2.36. The van der Waals surface area contributed by atoms with Crippen molar-refractivity contribution in [2.45, 2.75) is 50.0 Å². The molecule has 1 aromatic carbocycles. The van der Waals surface area contributed by atoms with Crippen molar-refractivity contribution in [3.8, 4) is 6.07 Å². The van der Waals surface area contributed by atoms with Crippen molar-refractivity contribution in [3.05, 3.63) is 34.9 Å². The van der Waals surface area contributed by atoms with Crippen LogP contribution in [0.2, 0.25) is 0 Å². The predicted octanol–water partition coefficient (Wildman–Crippen LogP) is 5.30. The number of hydrogen-bond donors (Lipinski definition) is 0. The first-order valence-electron chi connectivity index (χ1n) is 8.99. The van der Waals surface area contributed by atoms with E-state index in [0.717, 1.165) is 16.5 Å². The molecule has 1 rings (SSSR count). The van der Waals surface area contributed by atoms with Gasteiger partial charge in [-0.3, -0.25) is 0 Å². The number of rotatable bonds is 10. The maximum atomic E-state index is 13.3. The number of benzene rings is 1. The van der Waals surface area contributed by atoms with Crippen LogP contribution in [-0.2, 0) is 28.1 Å². The summed E-state index contributed by atoms with van der Waals surface area (Å²) in [5, 5.41) is 8.77. The first-order valence-corrected chi connectivity index (χ1v) is 11.7. The van der Waals surface area contributed by atoms with Gasteiger partial charge >= 0.3 is 12.4 Å². The molecule has 0 saturated heterocycles. The van der Waals surface area contributed by atoms with Crippen LogP contribution >= 0.6 is 11.8 Å². The van der Waals surface area contributed by atoms with Crippen molar-refractivity contribution in [3.63, 3.8) is 0 Å². The summed E-state index contributed by atoms with van der Waals surface area (Å²) in [5.41, 5.74) is -3.84. The Bertz CT molecular complexity index is 848. The van der Waals surface area contributed by atoms with E-state index in [-0.39, 0.29) is 30.0 Å². The van der Waals surface area contributed by atoms with E-state index in [9.17, 15) is 34.8 Å². The third-order valence-corrected chi connectivity index (χ3v) is 7.48. The van der Waals surface area contributed by atoms with Crippen LogP contribution in [0.5, 0.6) is 0 Å². The highest BCUT2D eigenvalue weighted by Gasteiger charge is 2.38. The van der Waals surface area contributed by atoms with Crippen LogP contribution in [0.1, 0.15) is 43.4 Å². The Balaban J connectivity index is 3.33. The minimum Gasteiger partial charge on any atom is -0.212 e. The van der Waals surface area contributed by atoms with Crippen molar-refractivity contribution < 1.29 is 34.8 Å². The van der Waals surface area contributed by atoms with E-state index < -0.39 is 51.4 Å². The van der Waals surface area contributed by atoms with Gasteiger partial charge in [-0.1, -0.05) is 13.8 Å². The average molecular weight is 477 g/mol. The molecule has 1 aromatic rings. The molecular formula is C18H22F6N2O2S2. The summed E-state index contributed by atoms with van der Waals surface area (Å²) in [7, 11) is -4.48. The minimum absolute atomic E-state index is 0.114. The molecule has 170 valence electrons. The summed E-state index contributed by atoms with van der Waals surface area (Å²) >= 11 is 1.47. The second-order valence-electron chi connectivity index (χ2n) is 6.48. The van der Waals surface area contributed by atoms with E-state index >= 15 is 0 Å². The Morgan fingerprint density at radius 3 is 2.23 bits per heavy atom. The molecule has 0 fully saturated rings. The van der Waals surface area contributed by atoms with Gasteiger partial charge in [0.05, 0.1) is 22.9 Å². The summed E-state index contributed by atoms with van der Waals surface area (Å²) in [5.74, 6) is -0.562. The lowest BCUT2D eigenvalue weighted by Gasteiger charge is -2.25. The zero-order valence-corrected chi connectivity index (χ0v) is 18.0. The topological polar surface area (TPSA) is 61.2 Å². The quantitative estimate of drug-likeness (QED) is 0.340. The monoisotopic (exact) mass is 476 g/mol. The van der Waals surface area contributed by atoms with Crippen LogP contribution < -0.4 is 0 Å². The van der Waals surface area contributed by atoms with Gasteiger partial charge in [0.15, 0.2) is 0 Å². The fourth-order valence-corrected chi connectivity index (χ4v) is 5.28. The van der Waals surface area contributed by atoms with Crippen molar-refractivity contribution in [2.75, 3.05) is 18.8 Å². The van der Waals surface area contributed by atoms with Gasteiger partial charge in [0, 0.05) is 11.8 Å². The molecule has 1 atom stereocenters. The molecule has 0 heterocycles. The Kier molecular flexibility index (Phi) is 9.51. The summed E-state index contributed by atoms with van der Waals surface area (Å²) in [6.07, 6.45) is -8.58. The summed E-state index contributed by atoms with van der Waals surface area (Å²) < 4.78 is 105. The first kappa shape index (κ1) is 26.6. The van der Waals surface area contributed by atoms with Gasteiger partial charge in [-0.25, -0.2) is 8.42 Å². The summed E-state index contributed by atoms with van der Waals surface area (Å²) in [4.78, 5) is 0. The van der Waals surface area contributed by atoms with E-state index in [0.29, 0.717) is 6.42 Å². The molecule has 4 nitrogen and oxygen atoms in total. The molecule has 0 amide bonds. The number of sulfonamides is 1. The van der Waals surface area contributed by atoms with Gasteiger partial charge in [-0.15, -0.1) is 0 Å². The molecule has 0 aromatic heterocycles. The third-order valence-electron chi connectivity index (χ3n) is 4.14. The lowest BCUT2D eigenvalue weighted by Crippen LogP contribution is -2.38. The van der Waals surface area contributed by atoms with Crippen LogP contribution in [0.3, 0.4) is 0 Å². The van der Waals surface area contributed by atoms with Crippen molar-refractivity contribution in [1.29, 1.82) is 5.26 Å². The van der Waals surface area contributed by atoms with E-state index in [1.54, 1.807) is 13.0 Å². The Morgan fingerprint density at radius 1 is 1.13 bits per heavy atom. The number of halogens is 6. The fraction of sp³-hybridized carbons (Fsp3) is 0.611. The van der Waals surface area contributed by atoms with Crippen LogP contribution in [-0.4, -0.2) is 36.8 Å². The molecule has 0 N–H and O–H groups in total. The average Bonchev–Trinajstić information content (AvgIpc) is 2.62. The number of thioether (sulfide) groups is 1. The molecule has 0 saturated carbocycles. The molecule has 0 aliphatic heterocycles. The maximum absolute atomic E-state index is 13.3. The van der Waals surface area contributed by atoms with Gasteiger partial charge in [0.1, 0.15) is 6.54 Å². The molecule has 30 heavy (non-hydrogen) atoms. The molecule has 0 aliphatic carbocycles. The van der Waals surface area contributed by atoms with Gasteiger partial charge in [0.2, 0.25) is 10.0 Å². The van der Waals surface area contributed by atoms with Crippen LogP contribution in [0.4, 0.5) is 26.3 Å². The van der Waals surface area contributed by atoms with E-state index in [1.165, 1.54) is 11.8 Å². The van der Waals surface area contributed by atoms with Crippen LogP contribution in [0.15, 0.2) is 18.2 Å². The smallest absolute Gasteiger partial charge is 0.212 e. The standard InChI is InChI=1S/C18H22F6N2O2S2/c1-3-9-29-15(4-2)11-26(8-7-25)30(27,28)12-13-10-14(17(19,20)21)5-6-16(13)18(22,23)24/h5-6,10,15H,3-4,8-9,11-12H2,1-2H3. The minimum atomic E-state index is -5.03. The number of alkyl halides is 6. The molecular weight excluding hydrogens is 454 g/mol. The second kappa shape index (κ2) is 10.7. The Hall–Kier alpha value is -1.45. The van der Waals surface area contributed by atoms with Crippen LogP contribution in [0.25, 0.3) is 0 Å². The zero-order chi connectivity index (χ0) is 23.2. The molecule has 0 radical (unpaired) electrons. The van der Waals surface area contributed by atoms with Gasteiger partial charge in [0.25, 0.3) is 0 Å². The summed E-state index contributed by atoms with van der Waals surface area (Å²) in [6.45, 7) is 3.01. The number of nitrogens with zero attached hydrogens (tertiary/aromatic N) is 2. The normalized spacial score (nSPS) is 14.0. The van der Waals surface area contributed by atoms with Crippen LogP contribution in [0, 0.1) is 11.3 Å². The highest BCUT2D eigenvalue weighted by Crippen LogP contribution is 2.37. The molecule has 1 unspecified atom stereocenters. The Labute approximate surface area is 176 Å². The molecule has 0 aliphatic rings. The van der Waals surface area contributed by atoms with E-state index in [1.807, 2.05) is 6.92 Å². The van der Waals surface area contributed by atoms with E-state index in [2.05, 4.69) is 0 Å². The fourth-order valence-electron chi connectivity index (χ4n) is 2.62. The van der Waals surface area contributed by atoms with Crippen molar-refractivity contribution in [1.82, 2.24) is 4.31 Å². The van der Waals surface area contributed by atoms with Gasteiger partial charge < -0.3 is 0 Å². The van der Waals surface area contributed by atoms with E-state index in [4.69, 9.17) is 5.26 Å². The highest BCUT2D eigenvalue weighted by molar-refractivity contribution is 8.00. The highest BCUT2D eigenvalue weighted by atomic mass is 32.2. The molecule has 0 bridgehead atoms.